The van der Waals surface area contributed by atoms with E-state index in [1.807, 2.05) is 0 Å². The minimum absolute atomic E-state index is 0.156. The van der Waals surface area contributed by atoms with Gasteiger partial charge in [0.1, 0.15) is 11.6 Å². The highest BCUT2D eigenvalue weighted by molar-refractivity contribution is 5.95. The molecule has 0 fully saturated rings. The van der Waals surface area contributed by atoms with E-state index in [9.17, 15) is 14.7 Å². The Kier molecular flexibility index (Phi) is 5.74. The van der Waals surface area contributed by atoms with Gasteiger partial charge in [-0.05, 0) is 46.2 Å². The lowest BCUT2D eigenvalue weighted by Gasteiger charge is -2.31. The summed E-state index contributed by atoms with van der Waals surface area (Å²) < 4.78 is 5.36. The lowest BCUT2D eigenvalue weighted by molar-refractivity contribution is -0.138. The Morgan fingerprint density at radius 3 is 2.23 bits per heavy atom. The van der Waals surface area contributed by atoms with Gasteiger partial charge in [-0.15, -0.1) is 6.58 Å². The summed E-state index contributed by atoms with van der Waals surface area (Å²) in [5, 5.41) is 9.51. The van der Waals surface area contributed by atoms with Gasteiger partial charge in [-0.25, -0.2) is 9.59 Å². The molecule has 0 saturated carbocycles. The molecular weight excluding hydrogens is 282 g/mol. The van der Waals surface area contributed by atoms with Gasteiger partial charge in [0, 0.05) is 5.69 Å². The van der Waals surface area contributed by atoms with Crippen LogP contribution in [0.5, 0.6) is 0 Å². The summed E-state index contributed by atoms with van der Waals surface area (Å²) in [6.45, 7) is 10.7. The van der Waals surface area contributed by atoms with E-state index in [1.165, 1.54) is 4.90 Å². The SMILES string of the molecule is C=C(C)CC(C(=O)O)N(C(=O)OC(C)(C)C)c1ccccc1. The zero-order valence-corrected chi connectivity index (χ0v) is 13.5. The molecular formula is C17H23NO4. The van der Waals surface area contributed by atoms with Crippen LogP contribution >= 0.6 is 0 Å². The first-order valence-electron chi connectivity index (χ1n) is 7.06. The van der Waals surface area contributed by atoms with Crippen molar-refractivity contribution in [2.75, 3.05) is 4.90 Å². The number of nitrogens with zero attached hydrogens (tertiary/aromatic N) is 1. The molecule has 0 aromatic heterocycles. The molecule has 1 atom stereocenters. The molecule has 0 heterocycles. The quantitative estimate of drug-likeness (QED) is 0.839. The molecule has 0 aliphatic carbocycles. The van der Waals surface area contributed by atoms with Crippen molar-refractivity contribution in [3.63, 3.8) is 0 Å². The minimum atomic E-state index is -1.10. The monoisotopic (exact) mass is 305 g/mol. The maximum atomic E-state index is 12.5. The standard InChI is InChI=1S/C17H23NO4/c1-12(2)11-14(15(19)20)18(13-9-7-6-8-10-13)16(21)22-17(3,4)5/h6-10,14H,1,11H2,2-5H3,(H,19,20). The fourth-order valence-electron chi connectivity index (χ4n) is 1.93. The Morgan fingerprint density at radius 2 is 1.82 bits per heavy atom. The van der Waals surface area contributed by atoms with Crippen LogP contribution in [0.4, 0.5) is 10.5 Å². The van der Waals surface area contributed by atoms with Gasteiger partial charge in [-0.1, -0.05) is 23.8 Å². The lowest BCUT2D eigenvalue weighted by atomic mass is 10.1. The topological polar surface area (TPSA) is 66.8 Å². The van der Waals surface area contributed by atoms with Crippen molar-refractivity contribution in [2.24, 2.45) is 0 Å². The molecule has 1 unspecified atom stereocenters. The predicted molar refractivity (Wildman–Crippen MR) is 86.0 cm³/mol. The number of rotatable bonds is 5. The molecule has 1 aromatic carbocycles. The van der Waals surface area contributed by atoms with Gasteiger partial charge in [0.2, 0.25) is 0 Å². The second-order valence-corrected chi connectivity index (χ2v) is 6.20. The minimum Gasteiger partial charge on any atom is -0.480 e. The van der Waals surface area contributed by atoms with Crippen LogP contribution in [0.3, 0.4) is 0 Å². The van der Waals surface area contributed by atoms with Crippen LogP contribution in [-0.2, 0) is 9.53 Å². The van der Waals surface area contributed by atoms with Crippen LogP contribution in [0.15, 0.2) is 42.5 Å². The molecule has 22 heavy (non-hydrogen) atoms. The van der Waals surface area contributed by atoms with E-state index >= 15 is 0 Å². The first-order valence-corrected chi connectivity index (χ1v) is 7.06. The molecule has 0 bridgehead atoms. The third-order valence-corrected chi connectivity index (χ3v) is 2.76. The number of benzene rings is 1. The van der Waals surface area contributed by atoms with E-state index in [4.69, 9.17) is 4.74 Å². The number of hydrogen-bond acceptors (Lipinski definition) is 3. The average Bonchev–Trinajstić information content (AvgIpc) is 2.36. The Bertz CT molecular complexity index is 546. The molecule has 5 heteroatoms. The predicted octanol–water partition coefficient (Wildman–Crippen LogP) is 3.85. The highest BCUT2D eigenvalue weighted by atomic mass is 16.6. The number of aliphatic carboxylic acids is 1. The summed E-state index contributed by atoms with van der Waals surface area (Å²) in [6.07, 6.45) is -0.531. The highest BCUT2D eigenvalue weighted by Gasteiger charge is 2.34. The highest BCUT2D eigenvalue weighted by Crippen LogP contribution is 2.23. The number of carboxylic acid groups (broad SMARTS) is 1. The molecule has 0 aliphatic heterocycles. The Labute approximate surface area is 131 Å². The van der Waals surface area contributed by atoms with E-state index in [2.05, 4.69) is 6.58 Å². The third kappa shape index (κ3) is 5.24. The number of carboxylic acids is 1. The number of amides is 1. The Morgan fingerprint density at radius 1 is 1.27 bits per heavy atom. The van der Waals surface area contributed by atoms with Gasteiger partial charge in [0.15, 0.2) is 0 Å². The molecule has 1 aromatic rings. The number of hydrogen-bond donors (Lipinski definition) is 1. The van der Waals surface area contributed by atoms with Crippen LogP contribution in [0.1, 0.15) is 34.1 Å². The molecule has 1 rings (SSSR count). The van der Waals surface area contributed by atoms with E-state index in [0.29, 0.717) is 11.3 Å². The van der Waals surface area contributed by atoms with Crippen molar-refractivity contribution < 1.29 is 19.4 Å². The van der Waals surface area contributed by atoms with Crippen molar-refractivity contribution >= 4 is 17.7 Å². The smallest absolute Gasteiger partial charge is 0.415 e. The molecule has 0 saturated heterocycles. The van der Waals surface area contributed by atoms with Crippen LogP contribution < -0.4 is 4.90 Å². The first-order chi connectivity index (χ1) is 10.1. The van der Waals surface area contributed by atoms with Gasteiger partial charge in [-0.3, -0.25) is 4.90 Å². The maximum Gasteiger partial charge on any atom is 0.415 e. The number of carbonyl (C=O) groups is 2. The fourth-order valence-corrected chi connectivity index (χ4v) is 1.93. The lowest BCUT2D eigenvalue weighted by Crippen LogP contribution is -2.47. The van der Waals surface area contributed by atoms with Crippen LogP contribution in [0.25, 0.3) is 0 Å². The van der Waals surface area contributed by atoms with Crippen LogP contribution in [-0.4, -0.2) is 28.8 Å². The number of carbonyl (C=O) groups excluding carboxylic acids is 1. The summed E-state index contributed by atoms with van der Waals surface area (Å²) in [6, 6.07) is 7.58. The van der Waals surface area contributed by atoms with Gasteiger partial charge in [-0.2, -0.15) is 0 Å². The second-order valence-electron chi connectivity index (χ2n) is 6.20. The Balaban J connectivity index is 3.23. The zero-order chi connectivity index (χ0) is 16.9. The van der Waals surface area contributed by atoms with Gasteiger partial charge >= 0.3 is 12.1 Å². The van der Waals surface area contributed by atoms with Crippen LogP contribution in [0, 0.1) is 0 Å². The molecule has 1 N–H and O–H groups in total. The van der Waals surface area contributed by atoms with Crippen LogP contribution in [0.2, 0.25) is 0 Å². The zero-order valence-electron chi connectivity index (χ0n) is 13.5. The Hall–Kier alpha value is -2.30. The van der Waals surface area contributed by atoms with E-state index in [1.54, 1.807) is 58.0 Å². The average molecular weight is 305 g/mol. The normalized spacial score (nSPS) is 12.4. The van der Waals surface area contributed by atoms with Crippen molar-refractivity contribution in [1.29, 1.82) is 0 Å². The molecule has 0 aliphatic rings. The third-order valence-electron chi connectivity index (χ3n) is 2.76. The molecule has 1 amide bonds. The summed E-state index contributed by atoms with van der Waals surface area (Å²) in [5.41, 5.74) is 0.443. The van der Waals surface area contributed by atoms with E-state index < -0.39 is 23.7 Å². The molecule has 5 nitrogen and oxygen atoms in total. The van der Waals surface area contributed by atoms with E-state index in [-0.39, 0.29) is 6.42 Å². The first kappa shape index (κ1) is 17.8. The number of anilines is 1. The van der Waals surface area contributed by atoms with Crippen molar-refractivity contribution in [3.05, 3.63) is 42.5 Å². The summed E-state index contributed by atoms with van der Waals surface area (Å²) in [5.74, 6) is -1.10. The summed E-state index contributed by atoms with van der Waals surface area (Å²) >= 11 is 0. The second kappa shape index (κ2) is 7.11. The summed E-state index contributed by atoms with van der Waals surface area (Å²) in [7, 11) is 0. The number of ether oxygens (including phenoxy) is 1. The maximum absolute atomic E-state index is 12.5. The fraction of sp³-hybridized carbons (Fsp3) is 0.412. The summed E-state index contributed by atoms with van der Waals surface area (Å²) in [4.78, 5) is 25.3. The molecule has 0 spiro atoms. The number of para-hydroxylation sites is 1. The van der Waals surface area contributed by atoms with Crippen molar-refractivity contribution in [3.8, 4) is 0 Å². The van der Waals surface area contributed by atoms with Gasteiger partial charge in [0.05, 0.1) is 0 Å². The van der Waals surface area contributed by atoms with Gasteiger partial charge in [0.25, 0.3) is 0 Å². The largest absolute Gasteiger partial charge is 0.480 e. The molecule has 120 valence electrons. The van der Waals surface area contributed by atoms with Gasteiger partial charge < -0.3 is 9.84 Å². The van der Waals surface area contributed by atoms with E-state index in [0.717, 1.165) is 0 Å². The molecule has 0 radical (unpaired) electrons. The van der Waals surface area contributed by atoms with Crippen molar-refractivity contribution in [1.82, 2.24) is 0 Å². The van der Waals surface area contributed by atoms with Crippen molar-refractivity contribution in [2.45, 2.75) is 45.8 Å².